The van der Waals surface area contributed by atoms with Crippen molar-refractivity contribution in [2.45, 2.75) is 26.7 Å². The fourth-order valence-corrected chi connectivity index (χ4v) is 1.68. The SMILES string of the molecule is COCCN(CCO)C(=O)CC(C)(C)CC(=O)O. The third-order valence-corrected chi connectivity index (χ3v) is 2.55. The fraction of sp³-hybridized carbons (Fsp3) is 0.833. The Morgan fingerprint density at radius 3 is 2.28 bits per heavy atom. The van der Waals surface area contributed by atoms with E-state index in [4.69, 9.17) is 14.9 Å². The second-order valence-electron chi connectivity index (χ2n) is 5.01. The van der Waals surface area contributed by atoms with Gasteiger partial charge in [0.05, 0.1) is 19.6 Å². The molecule has 0 aromatic carbocycles. The van der Waals surface area contributed by atoms with Crippen molar-refractivity contribution in [3.05, 3.63) is 0 Å². The predicted octanol–water partition coefficient (Wildman–Crippen LogP) is 0.345. The number of ether oxygens (including phenoxy) is 1. The number of carbonyl (C=O) groups is 2. The van der Waals surface area contributed by atoms with Gasteiger partial charge < -0.3 is 19.8 Å². The number of methoxy groups -OCH3 is 1. The maximum absolute atomic E-state index is 12.0. The van der Waals surface area contributed by atoms with E-state index in [9.17, 15) is 9.59 Å². The van der Waals surface area contributed by atoms with E-state index < -0.39 is 11.4 Å². The Kier molecular flexibility index (Phi) is 7.54. The normalized spacial score (nSPS) is 11.3. The van der Waals surface area contributed by atoms with Gasteiger partial charge in [-0.25, -0.2) is 0 Å². The molecule has 18 heavy (non-hydrogen) atoms. The molecular weight excluding hydrogens is 238 g/mol. The van der Waals surface area contributed by atoms with E-state index in [1.165, 1.54) is 12.0 Å². The van der Waals surface area contributed by atoms with Crippen LogP contribution in [0.1, 0.15) is 26.7 Å². The third-order valence-electron chi connectivity index (χ3n) is 2.55. The van der Waals surface area contributed by atoms with Crippen molar-refractivity contribution in [3.8, 4) is 0 Å². The largest absolute Gasteiger partial charge is 0.481 e. The van der Waals surface area contributed by atoms with Crippen molar-refractivity contribution in [1.82, 2.24) is 4.90 Å². The van der Waals surface area contributed by atoms with Crippen molar-refractivity contribution in [1.29, 1.82) is 0 Å². The number of aliphatic hydroxyl groups excluding tert-OH is 1. The van der Waals surface area contributed by atoms with Crippen molar-refractivity contribution >= 4 is 11.9 Å². The summed E-state index contributed by atoms with van der Waals surface area (Å²) in [5.74, 6) is -1.08. The molecule has 0 aliphatic carbocycles. The number of carboxylic acid groups (broad SMARTS) is 1. The number of nitrogens with zero attached hydrogens (tertiary/aromatic N) is 1. The van der Waals surface area contributed by atoms with Crippen LogP contribution in [0.3, 0.4) is 0 Å². The van der Waals surface area contributed by atoms with Crippen LogP contribution in [-0.4, -0.2) is 60.4 Å². The number of aliphatic carboxylic acids is 1. The Morgan fingerprint density at radius 1 is 1.22 bits per heavy atom. The predicted molar refractivity (Wildman–Crippen MR) is 66.2 cm³/mol. The van der Waals surface area contributed by atoms with Crippen LogP contribution in [0.4, 0.5) is 0 Å². The van der Waals surface area contributed by atoms with Crippen molar-refractivity contribution in [2.24, 2.45) is 5.41 Å². The van der Waals surface area contributed by atoms with Gasteiger partial charge in [0, 0.05) is 26.6 Å². The van der Waals surface area contributed by atoms with Crippen molar-refractivity contribution < 1.29 is 24.5 Å². The summed E-state index contributed by atoms with van der Waals surface area (Å²) in [5.41, 5.74) is -0.594. The van der Waals surface area contributed by atoms with Crippen LogP contribution in [0.2, 0.25) is 0 Å². The Bertz CT molecular complexity index is 278. The fourth-order valence-electron chi connectivity index (χ4n) is 1.68. The number of aliphatic hydroxyl groups is 1. The molecule has 0 bridgehead atoms. The molecule has 0 aromatic rings. The Hall–Kier alpha value is -1.14. The number of hydrogen-bond acceptors (Lipinski definition) is 4. The van der Waals surface area contributed by atoms with E-state index >= 15 is 0 Å². The molecular formula is C12H23NO5. The summed E-state index contributed by atoms with van der Waals surface area (Å²) in [4.78, 5) is 24.2. The lowest BCUT2D eigenvalue weighted by molar-refractivity contribution is -0.141. The second-order valence-corrected chi connectivity index (χ2v) is 5.01. The molecule has 0 aliphatic heterocycles. The lowest BCUT2D eigenvalue weighted by Crippen LogP contribution is -2.38. The summed E-state index contributed by atoms with van der Waals surface area (Å²) in [6.07, 6.45) is 0.0823. The summed E-state index contributed by atoms with van der Waals surface area (Å²) in [7, 11) is 1.54. The van der Waals surface area contributed by atoms with Crippen LogP contribution >= 0.6 is 0 Å². The minimum atomic E-state index is -0.918. The van der Waals surface area contributed by atoms with Gasteiger partial charge in [-0.15, -0.1) is 0 Å². The molecule has 0 heterocycles. The molecule has 106 valence electrons. The lowest BCUT2D eigenvalue weighted by atomic mass is 9.85. The quantitative estimate of drug-likeness (QED) is 0.625. The second kappa shape index (κ2) is 8.05. The van der Waals surface area contributed by atoms with Crippen LogP contribution < -0.4 is 0 Å². The van der Waals surface area contributed by atoms with Gasteiger partial charge in [-0.3, -0.25) is 9.59 Å². The molecule has 0 fully saturated rings. The molecule has 0 spiro atoms. The zero-order valence-electron chi connectivity index (χ0n) is 11.3. The maximum Gasteiger partial charge on any atom is 0.303 e. The van der Waals surface area contributed by atoms with Gasteiger partial charge >= 0.3 is 5.97 Å². The number of rotatable bonds is 9. The monoisotopic (exact) mass is 261 g/mol. The summed E-state index contributed by atoms with van der Waals surface area (Å²) in [6, 6.07) is 0. The van der Waals surface area contributed by atoms with Crippen LogP contribution in [0.25, 0.3) is 0 Å². The average Bonchev–Trinajstić information content (AvgIpc) is 2.21. The summed E-state index contributed by atoms with van der Waals surface area (Å²) in [5, 5.41) is 17.7. The topological polar surface area (TPSA) is 87.1 Å². The van der Waals surface area contributed by atoms with Crippen LogP contribution in [0, 0.1) is 5.41 Å². The molecule has 1 amide bonds. The van der Waals surface area contributed by atoms with Gasteiger partial charge in [-0.05, 0) is 5.41 Å². The molecule has 0 radical (unpaired) electrons. The highest BCUT2D eigenvalue weighted by Crippen LogP contribution is 2.25. The highest BCUT2D eigenvalue weighted by Gasteiger charge is 2.27. The zero-order valence-corrected chi connectivity index (χ0v) is 11.3. The lowest BCUT2D eigenvalue weighted by Gasteiger charge is -2.27. The number of amides is 1. The van der Waals surface area contributed by atoms with Crippen molar-refractivity contribution in [3.63, 3.8) is 0 Å². The molecule has 0 aromatic heterocycles. The van der Waals surface area contributed by atoms with Crippen LogP contribution in [0.5, 0.6) is 0 Å². The molecule has 0 saturated heterocycles. The van der Waals surface area contributed by atoms with Crippen LogP contribution in [-0.2, 0) is 14.3 Å². The maximum atomic E-state index is 12.0. The Labute approximate surface area is 108 Å². The van der Waals surface area contributed by atoms with Gasteiger partial charge in [0.15, 0.2) is 0 Å². The first kappa shape index (κ1) is 16.9. The number of carboxylic acids is 1. The minimum absolute atomic E-state index is 0.0595. The highest BCUT2D eigenvalue weighted by molar-refractivity contribution is 5.78. The van der Waals surface area contributed by atoms with Crippen LogP contribution in [0.15, 0.2) is 0 Å². The summed E-state index contributed by atoms with van der Waals surface area (Å²) in [6.45, 7) is 4.41. The average molecular weight is 261 g/mol. The number of hydrogen-bond donors (Lipinski definition) is 2. The van der Waals surface area contributed by atoms with Crippen molar-refractivity contribution in [2.75, 3.05) is 33.4 Å². The summed E-state index contributed by atoms with van der Waals surface area (Å²) >= 11 is 0. The van der Waals surface area contributed by atoms with E-state index in [2.05, 4.69) is 0 Å². The molecule has 0 rings (SSSR count). The van der Waals surface area contributed by atoms with Gasteiger partial charge in [0.1, 0.15) is 0 Å². The minimum Gasteiger partial charge on any atom is -0.481 e. The van der Waals surface area contributed by atoms with Gasteiger partial charge in [0.2, 0.25) is 5.91 Å². The van der Waals surface area contributed by atoms with E-state index in [0.29, 0.717) is 13.2 Å². The molecule has 2 N–H and O–H groups in total. The molecule has 6 heteroatoms. The van der Waals surface area contributed by atoms with Gasteiger partial charge in [-0.2, -0.15) is 0 Å². The van der Waals surface area contributed by atoms with E-state index in [1.807, 2.05) is 0 Å². The third kappa shape index (κ3) is 7.24. The zero-order chi connectivity index (χ0) is 14.2. The highest BCUT2D eigenvalue weighted by atomic mass is 16.5. The Morgan fingerprint density at radius 2 is 1.83 bits per heavy atom. The standard InChI is InChI=1S/C12H23NO5/c1-12(2,9-11(16)17)8-10(15)13(4-6-14)5-7-18-3/h14H,4-9H2,1-3H3,(H,16,17). The molecule has 0 atom stereocenters. The Balaban J connectivity index is 4.43. The first-order valence-corrected chi connectivity index (χ1v) is 5.92. The first-order valence-electron chi connectivity index (χ1n) is 5.92. The molecule has 0 aliphatic rings. The first-order chi connectivity index (χ1) is 8.32. The van der Waals surface area contributed by atoms with E-state index in [-0.39, 0.29) is 31.9 Å². The molecule has 0 unspecified atom stereocenters. The molecule has 0 saturated carbocycles. The molecule has 6 nitrogen and oxygen atoms in total. The van der Waals surface area contributed by atoms with E-state index in [1.54, 1.807) is 13.8 Å². The summed E-state index contributed by atoms with van der Waals surface area (Å²) < 4.78 is 4.89. The van der Waals surface area contributed by atoms with Gasteiger partial charge in [-0.1, -0.05) is 13.8 Å². The van der Waals surface area contributed by atoms with E-state index in [0.717, 1.165) is 0 Å². The smallest absolute Gasteiger partial charge is 0.303 e. The number of carbonyl (C=O) groups excluding carboxylic acids is 1. The van der Waals surface area contributed by atoms with Gasteiger partial charge in [0.25, 0.3) is 0 Å².